The third-order valence-corrected chi connectivity index (χ3v) is 7.76. The summed E-state index contributed by atoms with van der Waals surface area (Å²) in [6.45, 7) is 7.25. The molecule has 0 aliphatic carbocycles. The van der Waals surface area contributed by atoms with Gasteiger partial charge in [-0.2, -0.15) is 0 Å². The zero-order chi connectivity index (χ0) is 23.5. The van der Waals surface area contributed by atoms with Crippen LogP contribution in [0, 0.1) is 0 Å². The number of unbranched alkanes of at least 4 members (excludes halogenated alkanes) is 1. The van der Waals surface area contributed by atoms with Crippen LogP contribution in [0.4, 0.5) is 0 Å². The summed E-state index contributed by atoms with van der Waals surface area (Å²) in [7, 11) is 5.84. The van der Waals surface area contributed by atoms with Crippen molar-refractivity contribution in [2.45, 2.75) is 38.3 Å². The Labute approximate surface area is 214 Å². The number of hydrogen-bond acceptors (Lipinski definition) is 3. The first-order valence-corrected chi connectivity index (χ1v) is 13.1. The van der Waals surface area contributed by atoms with E-state index in [4.69, 9.17) is 3.07 Å². The van der Waals surface area contributed by atoms with Crippen molar-refractivity contribution in [3.8, 4) is 0 Å². The SMILES string of the molecule is C=CCCCN1C(C)Cc2c([nH]c3ccccc23)C1c1c(P)cc(/C=C/C(=O)OI)cc1P. The van der Waals surface area contributed by atoms with E-state index in [1.54, 1.807) is 29.1 Å². The first kappa shape index (κ1) is 24.6. The normalized spacial score (nSPS) is 18.5. The molecule has 33 heavy (non-hydrogen) atoms. The summed E-state index contributed by atoms with van der Waals surface area (Å²) in [5.41, 5.74) is 6.15. The summed E-state index contributed by atoms with van der Waals surface area (Å²) < 4.78 is 4.71. The average molecular weight is 590 g/mol. The molecular formula is C26H29IN2O2P2. The molecule has 1 N–H and O–H groups in total. The molecule has 0 bridgehead atoms. The summed E-state index contributed by atoms with van der Waals surface area (Å²) in [5, 5.41) is 3.58. The number of halogens is 1. The van der Waals surface area contributed by atoms with Crippen molar-refractivity contribution in [1.29, 1.82) is 0 Å². The number of H-pyrrole nitrogens is 1. The number of nitrogens with zero attached hydrogens (tertiary/aromatic N) is 1. The van der Waals surface area contributed by atoms with Gasteiger partial charge in [-0.1, -0.05) is 24.3 Å². The van der Waals surface area contributed by atoms with E-state index in [9.17, 15) is 4.79 Å². The standard InChI is InChI=1S/C26H29IN2O2P2/c1-3-4-7-12-29-16(2)13-19-18-8-5-6-9-20(18)28-25(19)26(29)24-21(32)14-17(15-22(24)33)10-11-23(30)31-27/h3,5-6,8-11,14-16,26,28H,1,4,7,12-13,32-33H2,2H3/b11-10+. The molecule has 0 radical (unpaired) electrons. The molecule has 4 unspecified atom stereocenters. The lowest BCUT2D eigenvalue weighted by Gasteiger charge is -2.42. The zero-order valence-electron chi connectivity index (χ0n) is 18.7. The summed E-state index contributed by atoms with van der Waals surface area (Å²) in [6.07, 6.45) is 8.37. The maximum atomic E-state index is 11.6. The minimum absolute atomic E-state index is 0.123. The first-order chi connectivity index (χ1) is 15.9. The smallest absolute Gasteiger partial charge is 0.340 e. The van der Waals surface area contributed by atoms with Crippen molar-refractivity contribution in [2.24, 2.45) is 0 Å². The fourth-order valence-electron chi connectivity index (χ4n) is 4.91. The fourth-order valence-corrected chi connectivity index (χ4v) is 6.26. The first-order valence-electron chi connectivity index (χ1n) is 11.1. The highest BCUT2D eigenvalue weighted by Gasteiger charge is 2.36. The van der Waals surface area contributed by atoms with Gasteiger partial charge in [0.1, 0.15) is 0 Å². The zero-order valence-corrected chi connectivity index (χ0v) is 23.1. The van der Waals surface area contributed by atoms with Crippen LogP contribution in [0.3, 0.4) is 0 Å². The topological polar surface area (TPSA) is 45.3 Å². The minimum atomic E-state index is -0.368. The van der Waals surface area contributed by atoms with Crippen molar-refractivity contribution in [3.63, 3.8) is 0 Å². The number of rotatable bonds is 7. The molecule has 2 aromatic carbocycles. The molecule has 172 valence electrons. The second kappa shape index (κ2) is 10.8. The molecule has 0 saturated heterocycles. The highest BCUT2D eigenvalue weighted by molar-refractivity contribution is 14.1. The molecule has 0 amide bonds. The number of nitrogens with one attached hydrogen (secondary N) is 1. The Morgan fingerprint density at radius 1 is 1.30 bits per heavy atom. The fraction of sp³-hybridized carbons (Fsp3) is 0.269. The van der Waals surface area contributed by atoms with Crippen LogP contribution in [0.1, 0.15) is 48.2 Å². The number of allylic oxidation sites excluding steroid dienone is 1. The van der Waals surface area contributed by atoms with Crippen molar-refractivity contribution >= 4 is 75.0 Å². The Morgan fingerprint density at radius 3 is 2.73 bits per heavy atom. The highest BCUT2D eigenvalue weighted by Crippen LogP contribution is 2.40. The van der Waals surface area contributed by atoms with E-state index >= 15 is 0 Å². The average Bonchev–Trinajstić information content (AvgIpc) is 3.16. The molecule has 4 rings (SSSR count). The number of carbonyl (C=O) groups is 1. The second-order valence-corrected chi connectivity index (χ2v) is 10.2. The van der Waals surface area contributed by atoms with E-state index in [0.29, 0.717) is 6.04 Å². The number of aromatic amines is 1. The van der Waals surface area contributed by atoms with E-state index in [2.05, 4.69) is 78.3 Å². The number of aromatic nitrogens is 1. The lowest BCUT2D eigenvalue weighted by molar-refractivity contribution is -0.126. The van der Waals surface area contributed by atoms with Gasteiger partial charge in [0.05, 0.1) is 6.04 Å². The van der Waals surface area contributed by atoms with E-state index in [1.807, 2.05) is 6.08 Å². The summed E-state index contributed by atoms with van der Waals surface area (Å²) in [5.74, 6) is -0.368. The van der Waals surface area contributed by atoms with Crippen LogP contribution in [0.2, 0.25) is 0 Å². The number of hydrogen-bond donors (Lipinski definition) is 1. The predicted molar refractivity (Wildman–Crippen MR) is 154 cm³/mol. The third kappa shape index (κ3) is 5.12. The van der Waals surface area contributed by atoms with Gasteiger partial charge in [-0.3, -0.25) is 4.90 Å². The van der Waals surface area contributed by atoms with Gasteiger partial charge in [0.2, 0.25) is 0 Å². The molecule has 2 heterocycles. The Hall–Kier alpha value is -1.52. The molecule has 0 fully saturated rings. The van der Waals surface area contributed by atoms with Crippen molar-refractivity contribution in [1.82, 2.24) is 9.88 Å². The Balaban J connectivity index is 1.84. The molecule has 3 aromatic rings. The van der Waals surface area contributed by atoms with Gasteiger partial charge in [0.15, 0.2) is 23.0 Å². The molecule has 0 saturated carbocycles. The largest absolute Gasteiger partial charge is 0.391 e. The number of para-hydroxylation sites is 1. The van der Waals surface area contributed by atoms with Crippen LogP contribution < -0.4 is 10.6 Å². The molecule has 1 aromatic heterocycles. The van der Waals surface area contributed by atoms with Crippen LogP contribution in [-0.4, -0.2) is 28.4 Å². The summed E-state index contributed by atoms with van der Waals surface area (Å²) in [4.78, 5) is 17.9. The van der Waals surface area contributed by atoms with Crippen LogP contribution in [0.25, 0.3) is 17.0 Å². The minimum Gasteiger partial charge on any atom is -0.391 e. The van der Waals surface area contributed by atoms with Crippen molar-refractivity contribution in [3.05, 3.63) is 77.5 Å². The van der Waals surface area contributed by atoms with Gasteiger partial charge >= 0.3 is 5.97 Å². The van der Waals surface area contributed by atoms with Crippen LogP contribution in [-0.2, 0) is 14.3 Å². The van der Waals surface area contributed by atoms with Gasteiger partial charge < -0.3 is 8.05 Å². The van der Waals surface area contributed by atoms with Crippen LogP contribution in [0.15, 0.2) is 55.1 Å². The molecule has 4 nitrogen and oxygen atoms in total. The molecule has 1 aliphatic heterocycles. The Bertz CT molecular complexity index is 1200. The molecule has 1 aliphatic rings. The van der Waals surface area contributed by atoms with Gasteiger partial charge in [-0.15, -0.1) is 25.1 Å². The Kier molecular flexibility index (Phi) is 8.07. The number of benzene rings is 2. The lowest BCUT2D eigenvalue weighted by atomic mass is 9.88. The maximum Gasteiger partial charge on any atom is 0.340 e. The van der Waals surface area contributed by atoms with Gasteiger partial charge in [-0.05, 0) is 84.3 Å². The third-order valence-electron chi connectivity index (χ3n) is 6.37. The van der Waals surface area contributed by atoms with Crippen LogP contribution >= 0.6 is 41.5 Å². The summed E-state index contributed by atoms with van der Waals surface area (Å²) >= 11 is 1.60. The van der Waals surface area contributed by atoms with E-state index in [0.717, 1.165) is 42.0 Å². The van der Waals surface area contributed by atoms with E-state index < -0.39 is 0 Å². The van der Waals surface area contributed by atoms with Gasteiger partial charge in [0, 0.05) is 28.7 Å². The monoisotopic (exact) mass is 590 g/mol. The number of carbonyl (C=O) groups excluding carboxylic acids is 1. The maximum absolute atomic E-state index is 11.6. The predicted octanol–water partition coefficient (Wildman–Crippen LogP) is 5.38. The highest BCUT2D eigenvalue weighted by atomic mass is 127. The quantitative estimate of drug-likeness (QED) is 0.132. The molecular weight excluding hydrogens is 561 g/mol. The lowest BCUT2D eigenvalue weighted by Crippen LogP contribution is -2.45. The Morgan fingerprint density at radius 2 is 2.03 bits per heavy atom. The summed E-state index contributed by atoms with van der Waals surface area (Å²) in [6, 6.07) is 13.4. The molecule has 0 spiro atoms. The van der Waals surface area contributed by atoms with Crippen LogP contribution in [0.5, 0.6) is 0 Å². The van der Waals surface area contributed by atoms with E-state index in [1.165, 1.54) is 33.8 Å². The molecule has 4 atom stereocenters. The van der Waals surface area contributed by atoms with E-state index in [-0.39, 0.29) is 12.0 Å². The van der Waals surface area contributed by atoms with Crippen molar-refractivity contribution in [2.75, 3.05) is 6.54 Å². The van der Waals surface area contributed by atoms with Gasteiger partial charge in [-0.25, -0.2) is 4.79 Å². The molecule has 7 heteroatoms. The second-order valence-electron chi connectivity index (χ2n) is 8.53. The van der Waals surface area contributed by atoms with Crippen molar-refractivity contribution < 1.29 is 7.86 Å². The van der Waals surface area contributed by atoms with Gasteiger partial charge in [0.25, 0.3) is 0 Å². The number of fused-ring (bicyclic) bond motifs is 3.